The largest absolute Gasteiger partial charge is 0.361 e. The highest BCUT2D eigenvalue weighted by molar-refractivity contribution is 5.88. The Hall–Kier alpha value is -2.66. The van der Waals surface area contributed by atoms with Crippen molar-refractivity contribution in [1.29, 1.82) is 0 Å². The fourth-order valence-electron chi connectivity index (χ4n) is 4.54. The van der Waals surface area contributed by atoms with Crippen LogP contribution in [0.1, 0.15) is 42.9 Å². The van der Waals surface area contributed by atoms with Crippen LogP contribution in [0.4, 0.5) is 4.39 Å². The van der Waals surface area contributed by atoms with Crippen LogP contribution < -0.4 is 0 Å². The van der Waals surface area contributed by atoms with E-state index in [2.05, 4.69) is 41.9 Å². The molecule has 0 spiro atoms. The van der Waals surface area contributed by atoms with Gasteiger partial charge in [-0.25, -0.2) is 4.39 Å². The number of fused-ring (bicyclic) bond motifs is 1. The summed E-state index contributed by atoms with van der Waals surface area (Å²) in [5.41, 5.74) is 4.47. The molecule has 0 radical (unpaired) electrons. The van der Waals surface area contributed by atoms with Gasteiger partial charge in [-0.05, 0) is 41.8 Å². The molecular weight excluding hydrogens is 377 g/mol. The highest BCUT2D eigenvalue weighted by Crippen LogP contribution is 2.35. The Bertz CT molecular complexity index is 1000. The molecule has 1 unspecified atom stereocenters. The second-order valence-corrected chi connectivity index (χ2v) is 8.06. The summed E-state index contributed by atoms with van der Waals surface area (Å²) < 4.78 is 13.6. The van der Waals surface area contributed by atoms with Crippen molar-refractivity contribution in [3.05, 3.63) is 71.2 Å². The van der Waals surface area contributed by atoms with E-state index in [0.717, 1.165) is 61.2 Å². The van der Waals surface area contributed by atoms with Gasteiger partial charge in [0.25, 0.3) is 0 Å². The van der Waals surface area contributed by atoms with Gasteiger partial charge in [0.15, 0.2) is 0 Å². The maximum Gasteiger partial charge on any atom is 0.223 e. The second-order valence-electron chi connectivity index (χ2n) is 8.06. The van der Waals surface area contributed by atoms with Crippen LogP contribution in [0, 0.1) is 5.82 Å². The number of H-pyrrole nitrogens is 1. The van der Waals surface area contributed by atoms with Crippen molar-refractivity contribution in [3.63, 3.8) is 0 Å². The Balaban J connectivity index is 1.66. The van der Waals surface area contributed by atoms with E-state index >= 15 is 0 Å². The second kappa shape index (κ2) is 9.00. The van der Waals surface area contributed by atoms with Gasteiger partial charge in [0.05, 0.1) is 0 Å². The number of aromatic nitrogens is 1. The summed E-state index contributed by atoms with van der Waals surface area (Å²) in [6, 6.07) is 12.9. The third-order valence-corrected chi connectivity index (χ3v) is 6.41. The highest BCUT2D eigenvalue weighted by Gasteiger charge is 2.26. The molecule has 1 fully saturated rings. The molecule has 1 aliphatic heterocycles. The van der Waals surface area contributed by atoms with E-state index in [0.29, 0.717) is 6.42 Å². The van der Waals surface area contributed by atoms with E-state index in [4.69, 9.17) is 0 Å². The van der Waals surface area contributed by atoms with Crippen LogP contribution in [-0.4, -0.2) is 53.4 Å². The summed E-state index contributed by atoms with van der Waals surface area (Å²) in [5.74, 6) is -0.198. The Morgan fingerprint density at radius 2 is 1.80 bits per heavy atom. The monoisotopic (exact) mass is 407 g/mol. The van der Waals surface area contributed by atoms with Crippen LogP contribution in [0.5, 0.6) is 0 Å². The van der Waals surface area contributed by atoms with Crippen molar-refractivity contribution in [2.24, 2.45) is 0 Å². The average molecular weight is 408 g/mol. The van der Waals surface area contributed by atoms with Gasteiger partial charge < -0.3 is 14.8 Å². The van der Waals surface area contributed by atoms with E-state index in [-0.39, 0.29) is 17.6 Å². The Kier molecular flexibility index (Phi) is 6.18. The van der Waals surface area contributed by atoms with Crippen molar-refractivity contribution in [1.82, 2.24) is 14.8 Å². The van der Waals surface area contributed by atoms with Crippen LogP contribution in [0.3, 0.4) is 0 Å². The number of likely N-dealkylation sites (N-methyl/N-ethyl adjacent to an activating group) is 1. The molecule has 5 heteroatoms. The molecule has 3 aromatic rings. The average Bonchev–Trinajstić information content (AvgIpc) is 3.22. The minimum Gasteiger partial charge on any atom is -0.361 e. The molecular formula is C25H30FN3O. The first-order valence-electron chi connectivity index (χ1n) is 10.9. The van der Waals surface area contributed by atoms with Crippen LogP contribution >= 0.6 is 0 Å². The van der Waals surface area contributed by atoms with E-state index in [1.165, 1.54) is 17.7 Å². The van der Waals surface area contributed by atoms with E-state index in [1.807, 2.05) is 23.2 Å². The minimum absolute atomic E-state index is 0.108. The molecule has 1 saturated heterocycles. The lowest BCUT2D eigenvalue weighted by Crippen LogP contribution is -2.48. The fourth-order valence-corrected chi connectivity index (χ4v) is 4.54. The van der Waals surface area contributed by atoms with Gasteiger partial charge in [-0.2, -0.15) is 0 Å². The minimum atomic E-state index is -0.258. The number of hydrogen-bond donors (Lipinski definition) is 1. The summed E-state index contributed by atoms with van der Waals surface area (Å²) in [6.45, 7) is 8.73. The third kappa shape index (κ3) is 4.12. The number of halogens is 1. The first kappa shape index (κ1) is 20.6. The molecule has 1 aliphatic rings. The number of aromatic amines is 1. The zero-order valence-electron chi connectivity index (χ0n) is 17.8. The number of piperazine rings is 1. The first-order chi connectivity index (χ1) is 14.6. The SMILES string of the molecule is CCc1cccc2c(C(CC(=O)N3CCN(CC)CC3)c3ccc(F)cc3)c[nH]c12. The highest BCUT2D eigenvalue weighted by atomic mass is 19.1. The smallest absolute Gasteiger partial charge is 0.223 e. The standard InChI is InChI=1S/C25H30FN3O/c1-3-18-6-5-7-21-23(17-27-25(18)21)22(19-8-10-20(26)11-9-19)16-24(30)29-14-12-28(4-2)13-15-29/h5-11,17,22,27H,3-4,12-16H2,1-2H3. The molecule has 4 rings (SSSR count). The molecule has 158 valence electrons. The molecule has 1 amide bonds. The van der Waals surface area contributed by atoms with Crippen LogP contribution in [0.15, 0.2) is 48.7 Å². The normalized spacial score (nSPS) is 16.2. The van der Waals surface area contributed by atoms with E-state index in [9.17, 15) is 9.18 Å². The number of aryl methyl sites for hydroxylation is 1. The molecule has 1 aromatic heterocycles. The summed E-state index contributed by atoms with van der Waals surface area (Å²) in [4.78, 5) is 21.0. The van der Waals surface area contributed by atoms with Crippen molar-refractivity contribution in [2.45, 2.75) is 32.6 Å². The van der Waals surface area contributed by atoms with Gasteiger partial charge in [-0.1, -0.05) is 44.2 Å². The maximum atomic E-state index is 13.6. The molecule has 0 saturated carbocycles. The molecule has 1 atom stereocenters. The zero-order valence-corrected chi connectivity index (χ0v) is 17.8. The third-order valence-electron chi connectivity index (χ3n) is 6.41. The molecule has 1 N–H and O–H groups in total. The van der Waals surface area contributed by atoms with Crippen LogP contribution in [-0.2, 0) is 11.2 Å². The molecule has 0 bridgehead atoms. The Morgan fingerprint density at radius 1 is 1.07 bits per heavy atom. The molecule has 30 heavy (non-hydrogen) atoms. The van der Waals surface area contributed by atoms with Crippen molar-refractivity contribution >= 4 is 16.8 Å². The number of amides is 1. The quantitative estimate of drug-likeness (QED) is 0.651. The van der Waals surface area contributed by atoms with Crippen molar-refractivity contribution in [2.75, 3.05) is 32.7 Å². The van der Waals surface area contributed by atoms with Gasteiger partial charge in [0, 0.05) is 55.6 Å². The number of rotatable bonds is 6. The molecule has 2 aromatic carbocycles. The number of benzene rings is 2. The van der Waals surface area contributed by atoms with Gasteiger partial charge in [-0.3, -0.25) is 4.79 Å². The maximum absolute atomic E-state index is 13.6. The Morgan fingerprint density at radius 3 is 2.47 bits per heavy atom. The zero-order chi connectivity index (χ0) is 21.1. The number of para-hydroxylation sites is 1. The number of nitrogens with zero attached hydrogens (tertiary/aromatic N) is 2. The number of hydrogen-bond acceptors (Lipinski definition) is 2. The topological polar surface area (TPSA) is 39.3 Å². The fraction of sp³-hybridized carbons (Fsp3) is 0.400. The lowest BCUT2D eigenvalue weighted by Gasteiger charge is -2.34. The Labute approximate surface area is 177 Å². The summed E-state index contributed by atoms with van der Waals surface area (Å²) in [7, 11) is 0. The van der Waals surface area contributed by atoms with Gasteiger partial charge in [0.1, 0.15) is 5.82 Å². The van der Waals surface area contributed by atoms with Crippen LogP contribution in [0.25, 0.3) is 10.9 Å². The summed E-state index contributed by atoms with van der Waals surface area (Å²) >= 11 is 0. The number of nitrogens with one attached hydrogen (secondary N) is 1. The van der Waals surface area contributed by atoms with Gasteiger partial charge in [0.2, 0.25) is 5.91 Å². The lowest BCUT2D eigenvalue weighted by molar-refractivity contribution is -0.133. The van der Waals surface area contributed by atoms with Crippen LogP contribution in [0.2, 0.25) is 0 Å². The lowest BCUT2D eigenvalue weighted by atomic mass is 9.87. The van der Waals surface area contributed by atoms with Gasteiger partial charge >= 0.3 is 0 Å². The van der Waals surface area contributed by atoms with Crippen molar-refractivity contribution in [3.8, 4) is 0 Å². The van der Waals surface area contributed by atoms with Gasteiger partial charge in [-0.15, -0.1) is 0 Å². The first-order valence-corrected chi connectivity index (χ1v) is 10.9. The molecule has 4 nitrogen and oxygen atoms in total. The van der Waals surface area contributed by atoms with E-state index in [1.54, 1.807) is 0 Å². The summed E-state index contributed by atoms with van der Waals surface area (Å²) in [6.07, 6.45) is 3.36. The van der Waals surface area contributed by atoms with Crippen molar-refractivity contribution < 1.29 is 9.18 Å². The van der Waals surface area contributed by atoms with E-state index < -0.39 is 0 Å². The number of carbonyl (C=O) groups excluding carboxylic acids is 1. The number of carbonyl (C=O) groups is 1. The summed E-state index contributed by atoms with van der Waals surface area (Å²) in [5, 5.41) is 1.15. The predicted molar refractivity (Wildman–Crippen MR) is 119 cm³/mol. The molecule has 2 heterocycles. The predicted octanol–water partition coefficient (Wildman–Crippen LogP) is 4.56. The molecule has 0 aliphatic carbocycles.